The number of unbranched alkanes of at least 4 members (excludes halogenated alkanes) is 1. The number of methoxy groups -OCH3 is 1. The van der Waals surface area contributed by atoms with E-state index in [1.165, 1.54) is 0 Å². The van der Waals surface area contributed by atoms with Gasteiger partial charge in [0.25, 0.3) is 11.8 Å². The molecule has 1 heterocycles. The average molecular weight is 375 g/mol. The molecule has 0 saturated heterocycles. The standard InChI is InChI=1S/C22H34N2O3/c1-6-8-9-18(27-5)12-10-17-11-13-19(20(25)23-15-17)21(26)24-16-22(3,4)14-7-2/h9-10,12-13,15H,6-8,11,14,16H2,1-5H3,(H,23,25)(H,24,26)/b12-10-,18-9-. The molecule has 0 aliphatic carbocycles. The minimum absolute atomic E-state index is 0.0136. The van der Waals surface area contributed by atoms with Crippen molar-refractivity contribution in [2.75, 3.05) is 13.7 Å². The maximum absolute atomic E-state index is 12.4. The SMILES string of the molecule is CCC/C=C(/C=C\C1=CNC(=O)C(C(=O)NCC(C)(C)CCC)=CC1)OC. The molecule has 1 aliphatic heterocycles. The van der Waals surface area contributed by atoms with Gasteiger partial charge in [-0.25, -0.2) is 0 Å². The Kier molecular flexibility index (Phi) is 9.62. The van der Waals surface area contributed by atoms with Crippen LogP contribution < -0.4 is 10.6 Å². The summed E-state index contributed by atoms with van der Waals surface area (Å²) >= 11 is 0. The minimum Gasteiger partial charge on any atom is -0.497 e. The van der Waals surface area contributed by atoms with E-state index in [0.29, 0.717) is 13.0 Å². The third-order valence-corrected chi connectivity index (χ3v) is 4.41. The Labute approximate surface area is 163 Å². The molecule has 0 aromatic rings. The molecule has 0 unspecified atom stereocenters. The Hall–Kier alpha value is -2.30. The van der Waals surface area contributed by atoms with Crippen molar-refractivity contribution >= 4 is 11.8 Å². The smallest absolute Gasteiger partial charge is 0.260 e. The predicted molar refractivity (Wildman–Crippen MR) is 110 cm³/mol. The van der Waals surface area contributed by atoms with E-state index in [1.54, 1.807) is 19.4 Å². The van der Waals surface area contributed by atoms with Gasteiger partial charge < -0.3 is 15.4 Å². The van der Waals surface area contributed by atoms with Crippen molar-refractivity contribution in [1.29, 1.82) is 0 Å². The van der Waals surface area contributed by atoms with E-state index in [0.717, 1.165) is 37.0 Å². The van der Waals surface area contributed by atoms with Crippen LogP contribution in [-0.2, 0) is 14.3 Å². The Morgan fingerprint density at radius 3 is 2.70 bits per heavy atom. The molecule has 5 heteroatoms. The largest absolute Gasteiger partial charge is 0.497 e. The van der Waals surface area contributed by atoms with Gasteiger partial charge in [-0.05, 0) is 42.4 Å². The lowest BCUT2D eigenvalue weighted by atomic mass is 9.88. The average Bonchev–Trinajstić information content (AvgIpc) is 2.82. The molecule has 0 saturated carbocycles. The van der Waals surface area contributed by atoms with Crippen molar-refractivity contribution in [1.82, 2.24) is 10.6 Å². The quantitative estimate of drug-likeness (QED) is 0.343. The molecule has 150 valence electrons. The summed E-state index contributed by atoms with van der Waals surface area (Å²) in [6.07, 6.45) is 13.7. The molecule has 2 amide bonds. The number of hydrogen-bond acceptors (Lipinski definition) is 3. The number of carbonyl (C=O) groups is 2. The van der Waals surface area contributed by atoms with Crippen LogP contribution in [0.5, 0.6) is 0 Å². The molecule has 0 bridgehead atoms. The Morgan fingerprint density at radius 1 is 1.33 bits per heavy atom. The third-order valence-electron chi connectivity index (χ3n) is 4.41. The molecule has 0 radical (unpaired) electrons. The molecule has 1 rings (SSSR count). The predicted octanol–water partition coefficient (Wildman–Crippen LogP) is 4.15. The zero-order chi connectivity index (χ0) is 20.3. The number of ether oxygens (including phenoxy) is 1. The van der Waals surface area contributed by atoms with Crippen molar-refractivity contribution in [2.24, 2.45) is 5.41 Å². The van der Waals surface area contributed by atoms with Gasteiger partial charge in [-0.2, -0.15) is 0 Å². The lowest BCUT2D eigenvalue weighted by Gasteiger charge is -2.24. The molecule has 0 spiro atoms. The van der Waals surface area contributed by atoms with Gasteiger partial charge in [-0.3, -0.25) is 9.59 Å². The van der Waals surface area contributed by atoms with Crippen LogP contribution in [0.4, 0.5) is 0 Å². The number of amides is 2. The van der Waals surface area contributed by atoms with Gasteiger partial charge in [0.1, 0.15) is 11.3 Å². The van der Waals surface area contributed by atoms with Crippen molar-refractivity contribution in [3.63, 3.8) is 0 Å². The maximum atomic E-state index is 12.4. The summed E-state index contributed by atoms with van der Waals surface area (Å²) in [4.78, 5) is 24.7. The summed E-state index contributed by atoms with van der Waals surface area (Å²) < 4.78 is 5.32. The van der Waals surface area contributed by atoms with E-state index in [9.17, 15) is 9.59 Å². The molecular formula is C22H34N2O3. The van der Waals surface area contributed by atoms with Crippen LogP contribution in [0, 0.1) is 5.41 Å². The monoisotopic (exact) mass is 374 g/mol. The van der Waals surface area contributed by atoms with Crippen LogP contribution in [0.15, 0.2) is 47.4 Å². The number of carbonyl (C=O) groups excluding carboxylic acids is 2. The minimum atomic E-state index is -0.377. The van der Waals surface area contributed by atoms with E-state index >= 15 is 0 Å². The highest BCUT2D eigenvalue weighted by Gasteiger charge is 2.22. The molecule has 0 fully saturated rings. The highest BCUT2D eigenvalue weighted by atomic mass is 16.5. The topological polar surface area (TPSA) is 67.4 Å². The lowest BCUT2D eigenvalue weighted by molar-refractivity contribution is -0.123. The van der Waals surface area contributed by atoms with Gasteiger partial charge in [0, 0.05) is 12.7 Å². The highest BCUT2D eigenvalue weighted by Crippen LogP contribution is 2.21. The second kappa shape index (κ2) is 11.4. The number of rotatable bonds is 10. The van der Waals surface area contributed by atoms with Crippen LogP contribution in [0.1, 0.15) is 59.8 Å². The summed E-state index contributed by atoms with van der Waals surface area (Å²) in [5, 5.41) is 5.59. The Balaban J connectivity index is 2.74. The van der Waals surface area contributed by atoms with Crippen LogP contribution in [0.2, 0.25) is 0 Å². The van der Waals surface area contributed by atoms with Crippen LogP contribution in [0.3, 0.4) is 0 Å². The van der Waals surface area contributed by atoms with E-state index in [2.05, 4.69) is 38.3 Å². The van der Waals surface area contributed by atoms with Gasteiger partial charge in [0.2, 0.25) is 0 Å². The first-order valence-corrected chi connectivity index (χ1v) is 9.73. The summed E-state index contributed by atoms with van der Waals surface area (Å²) in [6, 6.07) is 0. The second-order valence-electron chi connectivity index (χ2n) is 7.54. The van der Waals surface area contributed by atoms with Crippen molar-refractivity contribution in [3.8, 4) is 0 Å². The fraction of sp³-hybridized carbons (Fsp3) is 0.545. The molecule has 5 nitrogen and oxygen atoms in total. The summed E-state index contributed by atoms with van der Waals surface area (Å²) in [6.45, 7) is 9.00. The van der Waals surface area contributed by atoms with E-state index in [1.807, 2.05) is 18.2 Å². The zero-order valence-electron chi connectivity index (χ0n) is 17.4. The fourth-order valence-corrected chi connectivity index (χ4v) is 2.79. The van der Waals surface area contributed by atoms with E-state index in [-0.39, 0.29) is 22.8 Å². The molecule has 0 atom stereocenters. The number of nitrogens with one attached hydrogen (secondary N) is 2. The molecule has 0 aromatic heterocycles. The molecule has 1 aliphatic rings. The van der Waals surface area contributed by atoms with Crippen LogP contribution in [-0.4, -0.2) is 25.5 Å². The Bertz CT molecular complexity index is 640. The van der Waals surface area contributed by atoms with Crippen LogP contribution in [0.25, 0.3) is 0 Å². The number of allylic oxidation sites excluding steroid dienone is 5. The molecular weight excluding hydrogens is 340 g/mol. The fourth-order valence-electron chi connectivity index (χ4n) is 2.79. The second-order valence-corrected chi connectivity index (χ2v) is 7.54. The Morgan fingerprint density at radius 2 is 2.07 bits per heavy atom. The van der Waals surface area contributed by atoms with Crippen molar-refractivity contribution in [3.05, 3.63) is 47.4 Å². The lowest BCUT2D eigenvalue weighted by Crippen LogP contribution is -2.38. The highest BCUT2D eigenvalue weighted by molar-refractivity contribution is 6.18. The van der Waals surface area contributed by atoms with Crippen molar-refractivity contribution < 1.29 is 14.3 Å². The van der Waals surface area contributed by atoms with Gasteiger partial charge >= 0.3 is 0 Å². The van der Waals surface area contributed by atoms with Gasteiger partial charge in [0.05, 0.1) is 7.11 Å². The molecule has 27 heavy (non-hydrogen) atoms. The first kappa shape index (κ1) is 22.7. The summed E-state index contributed by atoms with van der Waals surface area (Å²) in [5.74, 6) is 0.0850. The van der Waals surface area contributed by atoms with Crippen molar-refractivity contribution in [2.45, 2.75) is 59.8 Å². The van der Waals surface area contributed by atoms with E-state index < -0.39 is 0 Å². The zero-order valence-corrected chi connectivity index (χ0v) is 17.4. The summed E-state index contributed by atoms with van der Waals surface area (Å²) in [7, 11) is 1.64. The molecule has 2 N–H and O–H groups in total. The van der Waals surface area contributed by atoms with Gasteiger partial charge in [-0.15, -0.1) is 0 Å². The van der Waals surface area contributed by atoms with Crippen LogP contribution >= 0.6 is 0 Å². The summed E-state index contributed by atoms with van der Waals surface area (Å²) in [5.41, 5.74) is 1.08. The third kappa shape index (κ3) is 8.29. The first-order chi connectivity index (χ1) is 12.8. The van der Waals surface area contributed by atoms with E-state index in [4.69, 9.17) is 4.74 Å². The molecule has 0 aromatic carbocycles. The normalized spacial score (nSPS) is 15.7. The maximum Gasteiger partial charge on any atom is 0.260 e. The van der Waals surface area contributed by atoms with Gasteiger partial charge in [-0.1, -0.05) is 52.7 Å². The number of hydrogen-bond donors (Lipinski definition) is 2. The van der Waals surface area contributed by atoms with Gasteiger partial charge in [0.15, 0.2) is 0 Å². The first-order valence-electron chi connectivity index (χ1n) is 9.73.